The van der Waals surface area contributed by atoms with Crippen molar-refractivity contribution < 1.29 is 14.6 Å². The van der Waals surface area contributed by atoms with Gasteiger partial charge in [-0.3, -0.25) is 0 Å². The first-order chi connectivity index (χ1) is 12.6. The van der Waals surface area contributed by atoms with Gasteiger partial charge < -0.3 is 20.5 Å². The van der Waals surface area contributed by atoms with Gasteiger partial charge in [0.25, 0.3) is 0 Å². The summed E-state index contributed by atoms with van der Waals surface area (Å²) < 4.78 is 6.90. The summed E-state index contributed by atoms with van der Waals surface area (Å²) in [6, 6.07) is 7.16. The van der Waals surface area contributed by atoms with Crippen molar-refractivity contribution in [3.05, 3.63) is 47.0 Å². The topological polar surface area (TPSA) is 101 Å². The molecule has 0 radical (unpaired) electrons. The lowest BCUT2D eigenvalue weighted by molar-refractivity contribution is 0.141. The summed E-state index contributed by atoms with van der Waals surface area (Å²) in [6.45, 7) is 0.973. The van der Waals surface area contributed by atoms with E-state index < -0.39 is 6.10 Å². The second-order valence-electron chi connectivity index (χ2n) is 6.86. The van der Waals surface area contributed by atoms with Crippen LogP contribution >= 0.6 is 0 Å². The summed E-state index contributed by atoms with van der Waals surface area (Å²) >= 11 is 0. The van der Waals surface area contributed by atoms with Gasteiger partial charge in [0.05, 0.1) is 24.7 Å². The van der Waals surface area contributed by atoms with E-state index in [1.165, 1.54) is 0 Å². The van der Waals surface area contributed by atoms with Crippen molar-refractivity contribution in [2.24, 2.45) is 0 Å². The molecule has 1 aromatic carbocycles. The molecule has 3 N–H and O–H groups in total. The zero-order valence-electron chi connectivity index (χ0n) is 14.7. The highest BCUT2D eigenvalue weighted by molar-refractivity contribution is 5.75. The Labute approximate surface area is 151 Å². The Morgan fingerprint density at radius 2 is 2.23 bits per heavy atom. The molecule has 2 aromatic rings. The van der Waals surface area contributed by atoms with Crippen molar-refractivity contribution >= 4 is 6.03 Å². The van der Waals surface area contributed by atoms with Gasteiger partial charge in [0, 0.05) is 20.0 Å². The molecule has 1 aliphatic carbocycles. The van der Waals surface area contributed by atoms with Gasteiger partial charge in [0.15, 0.2) is 5.82 Å². The molecule has 138 valence electrons. The molecule has 0 spiro atoms. The molecule has 3 atom stereocenters. The van der Waals surface area contributed by atoms with Gasteiger partial charge in [-0.05, 0) is 17.5 Å². The van der Waals surface area contributed by atoms with Crippen LogP contribution in [0, 0.1) is 0 Å². The molecular weight excluding hydrogens is 334 g/mol. The third-order valence-corrected chi connectivity index (χ3v) is 5.00. The van der Waals surface area contributed by atoms with E-state index in [-0.39, 0.29) is 18.1 Å². The van der Waals surface area contributed by atoms with Crippen molar-refractivity contribution in [1.82, 2.24) is 25.4 Å². The molecule has 0 saturated heterocycles. The van der Waals surface area contributed by atoms with Gasteiger partial charge in [-0.25, -0.2) is 14.5 Å². The molecule has 8 heteroatoms. The molecule has 1 unspecified atom stereocenters. The van der Waals surface area contributed by atoms with Crippen molar-refractivity contribution in [3.8, 4) is 0 Å². The first-order valence-corrected chi connectivity index (χ1v) is 8.88. The fraction of sp³-hybridized carbons (Fsp3) is 0.500. The average Bonchev–Trinajstić information content (AvgIpc) is 3.15. The van der Waals surface area contributed by atoms with Crippen molar-refractivity contribution in [2.45, 2.75) is 50.6 Å². The number of aromatic nitrogens is 3. The van der Waals surface area contributed by atoms with E-state index in [9.17, 15) is 9.90 Å². The number of carbonyl (C=O) groups is 1. The van der Waals surface area contributed by atoms with Crippen LogP contribution in [0.15, 0.2) is 24.3 Å². The molecule has 0 saturated carbocycles. The van der Waals surface area contributed by atoms with E-state index in [2.05, 4.69) is 20.7 Å². The van der Waals surface area contributed by atoms with E-state index in [0.29, 0.717) is 25.4 Å². The van der Waals surface area contributed by atoms with Crippen LogP contribution in [0.25, 0.3) is 0 Å². The molecule has 8 nitrogen and oxygen atoms in total. The maximum absolute atomic E-state index is 12.4. The smallest absolute Gasteiger partial charge is 0.315 e. The Bertz CT molecular complexity index is 806. The lowest BCUT2D eigenvalue weighted by Gasteiger charge is -2.25. The fourth-order valence-corrected chi connectivity index (χ4v) is 3.78. The van der Waals surface area contributed by atoms with Crippen molar-refractivity contribution in [1.29, 1.82) is 0 Å². The first kappa shape index (κ1) is 17.0. The van der Waals surface area contributed by atoms with Gasteiger partial charge in [0.2, 0.25) is 0 Å². The number of aliphatic hydroxyl groups is 1. The molecular formula is C18H23N5O3. The van der Waals surface area contributed by atoms with Crippen LogP contribution in [-0.2, 0) is 30.7 Å². The number of amides is 2. The van der Waals surface area contributed by atoms with Crippen LogP contribution in [0.4, 0.5) is 4.79 Å². The highest BCUT2D eigenvalue weighted by Gasteiger charge is 2.32. The largest absolute Gasteiger partial charge is 0.390 e. The monoisotopic (exact) mass is 357 g/mol. The Balaban J connectivity index is 1.37. The SMILES string of the molecule is COCc1nc2n(n1)CC(NC(=O)N[C@@H]1c3ccccc3C[C@@H]1O)CC2. The summed E-state index contributed by atoms with van der Waals surface area (Å²) in [6.07, 6.45) is 1.54. The zero-order valence-corrected chi connectivity index (χ0v) is 14.7. The Morgan fingerprint density at radius 3 is 3.08 bits per heavy atom. The van der Waals surface area contributed by atoms with Crippen LogP contribution in [0.2, 0.25) is 0 Å². The highest BCUT2D eigenvalue weighted by atomic mass is 16.5. The van der Waals surface area contributed by atoms with E-state index in [1.54, 1.807) is 7.11 Å². The van der Waals surface area contributed by atoms with Gasteiger partial charge in [0.1, 0.15) is 12.4 Å². The molecule has 2 amide bonds. The summed E-state index contributed by atoms with van der Waals surface area (Å²) in [5.74, 6) is 1.59. The number of ether oxygens (including phenoxy) is 1. The molecule has 26 heavy (non-hydrogen) atoms. The molecule has 1 aliphatic heterocycles. The summed E-state index contributed by atoms with van der Waals surface area (Å²) in [5, 5.41) is 20.6. The van der Waals surface area contributed by atoms with E-state index in [1.807, 2.05) is 28.9 Å². The van der Waals surface area contributed by atoms with Gasteiger partial charge in [-0.1, -0.05) is 24.3 Å². The number of benzene rings is 1. The number of fused-ring (bicyclic) bond motifs is 2. The van der Waals surface area contributed by atoms with Gasteiger partial charge >= 0.3 is 6.03 Å². The number of aliphatic hydroxyl groups excluding tert-OH is 1. The van der Waals surface area contributed by atoms with Crippen LogP contribution in [-0.4, -0.2) is 45.2 Å². The molecule has 4 rings (SSSR count). The van der Waals surface area contributed by atoms with E-state index >= 15 is 0 Å². The van der Waals surface area contributed by atoms with E-state index in [4.69, 9.17) is 4.74 Å². The standard InChI is InChI=1S/C18H23N5O3/c1-26-10-15-20-16-7-6-12(9-23(16)22-15)19-18(25)21-17-13-5-3-2-4-11(13)8-14(17)24/h2-5,12,14,17,24H,6-10H2,1H3,(H2,19,21,25)/t12?,14-,17+/m0/s1. The summed E-state index contributed by atoms with van der Waals surface area (Å²) in [4.78, 5) is 16.9. The number of hydrogen-bond donors (Lipinski definition) is 3. The maximum Gasteiger partial charge on any atom is 0.315 e. The number of nitrogens with zero attached hydrogens (tertiary/aromatic N) is 3. The number of rotatable bonds is 4. The van der Waals surface area contributed by atoms with Crippen molar-refractivity contribution in [2.75, 3.05) is 7.11 Å². The lowest BCUT2D eigenvalue weighted by atomic mass is 10.1. The predicted molar refractivity (Wildman–Crippen MR) is 93.4 cm³/mol. The van der Waals surface area contributed by atoms with Gasteiger partial charge in [-0.15, -0.1) is 0 Å². The third-order valence-electron chi connectivity index (χ3n) is 5.00. The number of carbonyl (C=O) groups excluding carboxylic acids is 1. The molecule has 2 heterocycles. The van der Waals surface area contributed by atoms with Crippen LogP contribution in [0.5, 0.6) is 0 Å². The number of aryl methyl sites for hydroxylation is 1. The minimum absolute atomic E-state index is 0.0200. The number of urea groups is 1. The predicted octanol–water partition coefficient (Wildman–Crippen LogP) is 0.697. The highest BCUT2D eigenvalue weighted by Crippen LogP contribution is 2.31. The number of nitrogens with one attached hydrogen (secondary N) is 2. The average molecular weight is 357 g/mol. The first-order valence-electron chi connectivity index (χ1n) is 8.88. The second-order valence-corrected chi connectivity index (χ2v) is 6.86. The Hall–Kier alpha value is -2.45. The Morgan fingerprint density at radius 1 is 1.38 bits per heavy atom. The molecule has 2 aliphatic rings. The summed E-state index contributed by atoms with van der Waals surface area (Å²) in [5.41, 5.74) is 2.07. The minimum atomic E-state index is -0.594. The minimum Gasteiger partial charge on any atom is -0.390 e. The van der Waals surface area contributed by atoms with Gasteiger partial charge in [-0.2, -0.15) is 5.10 Å². The van der Waals surface area contributed by atoms with Crippen LogP contribution in [0.3, 0.4) is 0 Å². The van der Waals surface area contributed by atoms with Crippen LogP contribution in [0.1, 0.15) is 35.2 Å². The quantitative estimate of drug-likeness (QED) is 0.748. The Kier molecular flexibility index (Phi) is 4.60. The molecule has 0 fully saturated rings. The zero-order chi connectivity index (χ0) is 18.1. The fourth-order valence-electron chi connectivity index (χ4n) is 3.78. The van der Waals surface area contributed by atoms with Crippen LogP contribution < -0.4 is 10.6 Å². The second kappa shape index (κ2) is 7.05. The molecule has 0 bridgehead atoms. The third kappa shape index (κ3) is 3.30. The van der Waals surface area contributed by atoms with E-state index in [0.717, 1.165) is 29.8 Å². The number of methoxy groups -OCH3 is 1. The molecule has 1 aromatic heterocycles. The summed E-state index contributed by atoms with van der Waals surface area (Å²) in [7, 11) is 1.62. The maximum atomic E-state index is 12.4. The van der Waals surface area contributed by atoms with Crippen molar-refractivity contribution in [3.63, 3.8) is 0 Å². The number of hydrogen-bond acceptors (Lipinski definition) is 5. The normalized spacial score (nSPS) is 24.0. The lowest BCUT2D eigenvalue weighted by Crippen LogP contribution is -2.48.